The number of nitrogens with one attached hydrogen (secondary N) is 1. The molecule has 5 heteroatoms. The van der Waals surface area contributed by atoms with E-state index in [9.17, 15) is 9.18 Å². The summed E-state index contributed by atoms with van der Waals surface area (Å²) in [6, 6.07) is 19.5. The summed E-state index contributed by atoms with van der Waals surface area (Å²) in [4.78, 5) is 13.0. The van der Waals surface area contributed by atoms with E-state index in [1.807, 2.05) is 36.4 Å². The molecule has 3 aromatic rings. The number of halogens is 1. The van der Waals surface area contributed by atoms with Crippen molar-refractivity contribution in [2.75, 3.05) is 29.9 Å². The van der Waals surface area contributed by atoms with E-state index in [4.69, 9.17) is 4.74 Å². The summed E-state index contributed by atoms with van der Waals surface area (Å²) in [5, 5.41) is 3.36. The summed E-state index contributed by atoms with van der Waals surface area (Å²) < 4.78 is 20.3. The number of aldehydes is 1. The second-order valence-corrected chi connectivity index (χ2v) is 8.47. The number of rotatable bonds is 10. The quantitative estimate of drug-likeness (QED) is 0.405. The zero-order valence-corrected chi connectivity index (χ0v) is 19.1. The molecule has 1 aliphatic rings. The van der Waals surface area contributed by atoms with Gasteiger partial charge in [-0.2, -0.15) is 0 Å². The van der Waals surface area contributed by atoms with Crippen LogP contribution in [0.3, 0.4) is 0 Å². The molecule has 0 saturated carbocycles. The average molecular weight is 447 g/mol. The molecule has 3 aromatic carbocycles. The lowest BCUT2D eigenvalue weighted by Gasteiger charge is -2.33. The second-order valence-electron chi connectivity index (χ2n) is 8.47. The monoisotopic (exact) mass is 446 g/mol. The molecule has 0 amide bonds. The molecule has 0 radical (unpaired) electrons. The average Bonchev–Trinajstić information content (AvgIpc) is 2.84. The van der Waals surface area contributed by atoms with Gasteiger partial charge in [-0.15, -0.1) is 0 Å². The molecule has 0 unspecified atom stereocenters. The van der Waals surface area contributed by atoms with Gasteiger partial charge >= 0.3 is 0 Å². The van der Waals surface area contributed by atoms with E-state index in [-0.39, 0.29) is 5.82 Å². The Labute approximate surface area is 195 Å². The molecule has 33 heavy (non-hydrogen) atoms. The van der Waals surface area contributed by atoms with Crippen molar-refractivity contribution in [2.45, 2.75) is 39.2 Å². The summed E-state index contributed by atoms with van der Waals surface area (Å²) in [6.45, 7) is 5.31. The number of carbonyl (C=O) groups is 1. The van der Waals surface area contributed by atoms with E-state index in [2.05, 4.69) is 29.3 Å². The number of fused-ring (bicyclic) bond motifs is 1. The zero-order chi connectivity index (χ0) is 23.0. The molecule has 0 fully saturated rings. The highest BCUT2D eigenvalue weighted by atomic mass is 19.1. The van der Waals surface area contributed by atoms with Gasteiger partial charge in [-0.05, 0) is 72.7 Å². The van der Waals surface area contributed by atoms with E-state index < -0.39 is 0 Å². The van der Waals surface area contributed by atoms with Gasteiger partial charge < -0.3 is 19.7 Å². The Morgan fingerprint density at radius 2 is 1.91 bits per heavy atom. The van der Waals surface area contributed by atoms with Crippen LogP contribution in [0.4, 0.5) is 15.8 Å². The number of nitrogens with zero attached hydrogens (tertiary/aromatic N) is 1. The lowest BCUT2D eigenvalue weighted by molar-refractivity contribution is -0.107. The number of para-hydroxylation sites is 1. The molecular formula is C28H31FN2O2. The van der Waals surface area contributed by atoms with Crippen molar-refractivity contribution in [2.24, 2.45) is 0 Å². The largest absolute Gasteiger partial charge is 0.492 e. The molecule has 172 valence electrons. The van der Waals surface area contributed by atoms with Gasteiger partial charge in [0.2, 0.25) is 0 Å². The van der Waals surface area contributed by atoms with Crippen LogP contribution in [-0.2, 0) is 24.2 Å². The number of anilines is 2. The van der Waals surface area contributed by atoms with Gasteiger partial charge in [0.1, 0.15) is 24.5 Å². The number of hydrogen-bond acceptors (Lipinski definition) is 4. The van der Waals surface area contributed by atoms with Crippen LogP contribution in [-0.4, -0.2) is 26.0 Å². The van der Waals surface area contributed by atoms with E-state index in [0.717, 1.165) is 43.7 Å². The number of carbonyl (C=O) groups excluding carboxylic acids is 1. The van der Waals surface area contributed by atoms with E-state index in [1.165, 1.54) is 28.4 Å². The summed E-state index contributed by atoms with van der Waals surface area (Å²) in [5.41, 5.74) is 6.48. The fourth-order valence-electron chi connectivity index (χ4n) is 4.49. The predicted molar refractivity (Wildman–Crippen MR) is 132 cm³/mol. The van der Waals surface area contributed by atoms with Crippen LogP contribution in [0.1, 0.15) is 35.1 Å². The first-order chi connectivity index (χ1) is 16.2. The molecule has 1 heterocycles. The fourth-order valence-corrected chi connectivity index (χ4v) is 4.49. The van der Waals surface area contributed by atoms with Crippen molar-refractivity contribution >= 4 is 17.7 Å². The van der Waals surface area contributed by atoms with Crippen LogP contribution in [0, 0.1) is 12.7 Å². The highest BCUT2D eigenvalue weighted by Crippen LogP contribution is 2.33. The Balaban J connectivity index is 1.42. The van der Waals surface area contributed by atoms with Gasteiger partial charge in [0, 0.05) is 30.9 Å². The molecule has 0 aliphatic carbocycles. The van der Waals surface area contributed by atoms with Gasteiger partial charge in [0.25, 0.3) is 0 Å². The molecule has 0 atom stereocenters. The fraction of sp³-hybridized carbons (Fsp3) is 0.321. The number of hydrogen-bond donors (Lipinski definition) is 1. The van der Waals surface area contributed by atoms with Gasteiger partial charge in [-0.3, -0.25) is 0 Å². The molecule has 0 saturated heterocycles. The third-order valence-corrected chi connectivity index (χ3v) is 6.26. The Morgan fingerprint density at radius 1 is 1.09 bits per heavy atom. The molecule has 0 aromatic heterocycles. The first-order valence-electron chi connectivity index (χ1n) is 11.7. The maximum atomic E-state index is 14.3. The lowest BCUT2D eigenvalue weighted by Crippen LogP contribution is -2.34. The maximum absolute atomic E-state index is 14.3. The van der Waals surface area contributed by atoms with Crippen molar-refractivity contribution in [3.05, 3.63) is 88.7 Å². The third-order valence-electron chi connectivity index (χ3n) is 6.26. The first-order valence-corrected chi connectivity index (χ1v) is 11.7. The van der Waals surface area contributed by atoms with Crippen molar-refractivity contribution in [1.29, 1.82) is 0 Å². The van der Waals surface area contributed by atoms with Crippen molar-refractivity contribution in [1.82, 2.24) is 0 Å². The second kappa shape index (κ2) is 11.0. The zero-order valence-electron chi connectivity index (χ0n) is 19.1. The highest BCUT2D eigenvalue weighted by molar-refractivity contribution is 5.64. The number of ether oxygens (including phenoxy) is 1. The van der Waals surface area contributed by atoms with E-state index >= 15 is 0 Å². The molecular weight excluding hydrogens is 415 g/mol. The Kier molecular flexibility index (Phi) is 7.61. The molecule has 4 rings (SSSR count). The van der Waals surface area contributed by atoms with E-state index in [0.29, 0.717) is 31.6 Å². The summed E-state index contributed by atoms with van der Waals surface area (Å²) >= 11 is 0. The van der Waals surface area contributed by atoms with Crippen molar-refractivity contribution in [3.63, 3.8) is 0 Å². The minimum atomic E-state index is -0.270. The Hall–Kier alpha value is -3.34. The molecule has 1 N–H and O–H groups in total. The van der Waals surface area contributed by atoms with Crippen molar-refractivity contribution in [3.8, 4) is 5.75 Å². The van der Waals surface area contributed by atoms with Crippen molar-refractivity contribution < 1.29 is 13.9 Å². The minimum absolute atomic E-state index is 0.270. The smallest absolute Gasteiger partial charge is 0.128 e. The minimum Gasteiger partial charge on any atom is -0.492 e. The van der Waals surface area contributed by atoms with Crippen LogP contribution in [0.2, 0.25) is 0 Å². The maximum Gasteiger partial charge on any atom is 0.128 e. The standard InChI is InChI=1S/C28H31FN2O2/c1-21-24(20-30-25-14-13-22(8-6-17-32)27(29)19-25)12-11-23-7-5-15-31(28(21)23)16-18-33-26-9-3-2-4-10-26/h2-4,9-14,17,19,30H,5-8,15-16,18,20H2,1H3. The lowest BCUT2D eigenvalue weighted by atomic mass is 9.94. The van der Waals surface area contributed by atoms with Gasteiger partial charge in [-0.25, -0.2) is 4.39 Å². The topological polar surface area (TPSA) is 41.6 Å². The van der Waals surface area contributed by atoms with Gasteiger partial charge in [0.05, 0.1) is 6.54 Å². The van der Waals surface area contributed by atoms with Gasteiger partial charge in [-0.1, -0.05) is 36.4 Å². The Morgan fingerprint density at radius 3 is 2.70 bits per heavy atom. The normalized spacial score (nSPS) is 12.8. The summed E-state index contributed by atoms with van der Waals surface area (Å²) in [5.74, 6) is 0.627. The summed E-state index contributed by atoms with van der Waals surface area (Å²) in [7, 11) is 0. The summed E-state index contributed by atoms with van der Waals surface area (Å²) in [6.07, 6.45) is 3.83. The molecule has 1 aliphatic heterocycles. The van der Waals surface area contributed by atoms with E-state index in [1.54, 1.807) is 6.07 Å². The number of aryl methyl sites for hydroxylation is 2. The van der Waals surface area contributed by atoms with Crippen LogP contribution in [0.25, 0.3) is 0 Å². The van der Waals surface area contributed by atoms with Crippen LogP contribution < -0.4 is 15.0 Å². The van der Waals surface area contributed by atoms with Crippen LogP contribution >= 0.6 is 0 Å². The SMILES string of the molecule is Cc1c(CNc2ccc(CCC=O)c(F)c2)ccc2c1N(CCOc1ccccc1)CCC2. The first kappa shape index (κ1) is 22.8. The van der Waals surface area contributed by atoms with Gasteiger partial charge in [0.15, 0.2) is 0 Å². The predicted octanol–water partition coefficient (Wildman–Crippen LogP) is 5.71. The molecule has 0 bridgehead atoms. The van der Waals surface area contributed by atoms with Crippen LogP contribution in [0.5, 0.6) is 5.75 Å². The number of benzene rings is 3. The molecule has 0 spiro atoms. The highest BCUT2D eigenvalue weighted by Gasteiger charge is 2.20. The molecule has 4 nitrogen and oxygen atoms in total. The van der Waals surface area contributed by atoms with Crippen LogP contribution in [0.15, 0.2) is 60.7 Å². The Bertz CT molecular complexity index is 1080. The third kappa shape index (κ3) is 5.72.